The fourth-order valence-electron chi connectivity index (χ4n) is 3.09. The maximum atomic E-state index is 12.9. The second-order valence-electron chi connectivity index (χ2n) is 7.15. The molecule has 1 aliphatic rings. The van der Waals surface area contributed by atoms with Gasteiger partial charge in [-0.2, -0.15) is 0 Å². The first kappa shape index (κ1) is 19.4. The van der Waals surface area contributed by atoms with E-state index in [0.29, 0.717) is 40.6 Å². The molecule has 0 bridgehead atoms. The molecule has 3 aromatic rings. The molecule has 0 radical (unpaired) electrons. The van der Waals surface area contributed by atoms with Crippen LogP contribution in [0, 0.1) is 5.92 Å². The molecule has 1 unspecified atom stereocenters. The SMILES string of the molecule is CC(C)c1noc2nc(-c3ccco3)cc(C(=O)NCC(N)C3CC3)c12.Cl. The summed E-state index contributed by atoms with van der Waals surface area (Å²) in [6, 6.07) is 5.28. The molecular formula is C19H23ClN4O3. The van der Waals surface area contributed by atoms with Crippen LogP contribution >= 0.6 is 12.4 Å². The molecule has 1 saturated carbocycles. The number of nitrogens with zero attached hydrogens (tertiary/aromatic N) is 2. The van der Waals surface area contributed by atoms with Crippen LogP contribution in [0.4, 0.5) is 0 Å². The van der Waals surface area contributed by atoms with E-state index in [-0.39, 0.29) is 30.3 Å². The third kappa shape index (κ3) is 3.84. The molecule has 1 fully saturated rings. The molecule has 0 spiro atoms. The molecule has 0 aromatic carbocycles. The van der Waals surface area contributed by atoms with E-state index < -0.39 is 0 Å². The molecule has 3 N–H and O–H groups in total. The minimum Gasteiger partial charge on any atom is -0.463 e. The molecule has 4 rings (SSSR count). The first-order valence-corrected chi connectivity index (χ1v) is 8.92. The van der Waals surface area contributed by atoms with E-state index in [1.165, 1.54) is 0 Å². The van der Waals surface area contributed by atoms with Crippen LogP contribution in [-0.4, -0.2) is 28.6 Å². The molecule has 144 valence electrons. The quantitative estimate of drug-likeness (QED) is 0.667. The third-order valence-corrected chi connectivity index (χ3v) is 4.76. The molecule has 1 amide bonds. The summed E-state index contributed by atoms with van der Waals surface area (Å²) in [6.45, 7) is 4.45. The highest BCUT2D eigenvalue weighted by Crippen LogP contribution is 2.32. The van der Waals surface area contributed by atoms with Gasteiger partial charge in [-0.25, -0.2) is 4.98 Å². The molecule has 0 saturated heterocycles. The normalized spacial score (nSPS) is 15.0. The van der Waals surface area contributed by atoms with Crippen molar-refractivity contribution in [2.45, 2.75) is 38.6 Å². The fraction of sp³-hybridized carbons (Fsp3) is 0.421. The number of pyridine rings is 1. The number of fused-ring (bicyclic) bond motifs is 1. The maximum absolute atomic E-state index is 12.9. The molecule has 0 aliphatic heterocycles. The third-order valence-electron chi connectivity index (χ3n) is 4.76. The van der Waals surface area contributed by atoms with Gasteiger partial charge in [0.25, 0.3) is 11.6 Å². The number of nitrogens with one attached hydrogen (secondary N) is 1. The van der Waals surface area contributed by atoms with Crippen molar-refractivity contribution in [1.82, 2.24) is 15.5 Å². The van der Waals surface area contributed by atoms with Gasteiger partial charge in [-0.3, -0.25) is 4.79 Å². The van der Waals surface area contributed by atoms with Crippen molar-refractivity contribution in [2.75, 3.05) is 6.54 Å². The highest BCUT2D eigenvalue weighted by atomic mass is 35.5. The standard InChI is InChI=1S/C19H22N4O3.ClH/c1-10(2)17-16-12(18(24)21-9-13(20)11-5-6-11)8-14(15-4-3-7-25-15)22-19(16)26-23-17;/h3-4,7-8,10-11,13H,5-6,9,20H2,1-2H3,(H,21,24);1H. The lowest BCUT2D eigenvalue weighted by atomic mass is 10.0. The second kappa shape index (κ2) is 7.70. The van der Waals surface area contributed by atoms with Gasteiger partial charge in [0.2, 0.25) is 0 Å². The van der Waals surface area contributed by atoms with Crippen molar-refractivity contribution < 1.29 is 13.7 Å². The van der Waals surface area contributed by atoms with Gasteiger partial charge in [0.1, 0.15) is 5.69 Å². The van der Waals surface area contributed by atoms with Gasteiger partial charge in [-0.15, -0.1) is 12.4 Å². The predicted octanol–water partition coefficient (Wildman–Crippen LogP) is 3.50. The van der Waals surface area contributed by atoms with Gasteiger partial charge in [-0.1, -0.05) is 19.0 Å². The summed E-state index contributed by atoms with van der Waals surface area (Å²) in [5, 5.41) is 7.72. The fourth-order valence-corrected chi connectivity index (χ4v) is 3.09. The van der Waals surface area contributed by atoms with E-state index in [1.807, 2.05) is 13.8 Å². The summed E-state index contributed by atoms with van der Waals surface area (Å²) in [4.78, 5) is 17.4. The zero-order chi connectivity index (χ0) is 18.3. The Labute approximate surface area is 163 Å². The van der Waals surface area contributed by atoms with Crippen LogP contribution in [-0.2, 0) is 0 Å². The van der Waals surface area contributed by atoms with Crippen molar-refractivity contribution >= 4 is 29.4 Å². The lowest BCUT2D eigenvalue weighted by molar-refractivity contribution is 0.0952. The Morgan fingerprint density at radius 1 is 1.41 bits per heavy atom. The number of carbonyl (C=O) groups excluding carboxylic acids is 1. The minimum atomic E-state index is -0.202. The monoisotopic (exact) mass is 390 g/mol. The minimum absolute atomic E-state index is 0. The van der Waals surface area contributed by atoms with Crippen LogP contribution in [0.15, 0.2) is 33.4 Å². The number of amides is 1. The van der Waals surface area contributed by atoms with Crippen LogP contribution in [0.25, 0.3) is 22.6 Å². The summed E-state index contributed by atoms with van der Waals surface area (Å²) >= 11 is 0. The van der Waals surface area contributed by atoms with Crippen LogP contribution in [0.3, 0.4) is 0 Å². The summed E-state index contributed by atoms with van der Waals surface area (Å²) < 4.78 is 10.8. The summed E-state index contributed by atoms with van der Waals surface area (Å²) in [5.41, 5.74) is 8.17. The van der Waals surface area contributed by atoms with Gasteiger partial charge >= 0.3 is 0 Å². The van der Waals surface area contributed by atoms with Crippen molar-refractivity contribution in [1.29, 1.82) is 0 Å². The number of hydrogen-bond donors (Lipinski definition) is 2. The number of furan rings is 1. The van der Waals surface area contributed by atoms with Crippen molar-refractivity contribution in [3.05, 3.63) is 35.7 Å². The first-order valence-electron chi connectivity index (χ1n) is 8.92. The lowest BCUT2D eigenvalue weighted by Crippen LogP contribution is -2.38. The van der Waals surface area contributed by atoms with Crippen LogP contribution < -0.4 is 11.1 Å². The van der Waals surface area contributed by atoms with Gasteiger partial charge < -0.3 is 20.0 Å². The smallest absolute Gasteiger partial charge is 0.259 e. The second-order valence-corrected chi connectivity index (χ2v) is 7.15. The number of nitrogens with two attached hydrogens (primary N) is 1. The molecule has 1 atom stereocenters. The van der Waals surface area contributed by atoms with Gasteiger partial charge in [0, 0.05) is 12.6 Å². The molecule has 8 heteroatoms. The molecule has 1 aliphatic carbocycles. The number of aromatic nitrogens is 2. The topological polar surface area (TPSA) is 107 Å². The summed E-state index contributed by atoms with van der Waals surface area (Å²) in [7, 11) is 0. The van der Waals surface area contributed by atoms with Crippen LogP contribution in [0.2, 0.25) is 0 Å². The zero-order valence-corrected chi connectivity index (χ0v) is 16.1. The van der Waals surface area contributed by atoms with E-state index in [9.17, 15) is 4.79 Å². The molecular weight excluding hydrogens is 368 g/mol. The Morgan fingerprint density at radius 2 is 2.19 bits per heavy atom. The number of rotatable bonds is 6. The molecule has 3 heterocycles. The average molecular weight is 391 g/mol. The Morgan fingerprint density at radius 3 is 2.81 bits per heavy atom. The highest BCUT2D eigenvalue weighted by molar-refractivity contribution is 6.07. The van der Waals surface area contributed by atoms with E-state index >= 15 is 0 Å². The number of hydrogen-bond acceptors (Lipinski definition) is 6. The van der Waals surface area contributed by atoms with Gasteiger partial charge in [0.15, 0.2) is 5.76 Å². The van der Waals surface area contributed by atoms with E-state index in [0.717, 1.165) is 18.5 Å². The predicted molar refractivity (Wildman–Crippen MR) is 104 cm³/mol. The van der Waals surface area contributed by atoms with Crippen LogP contribution in [0.1, 0.15) is 48.7 Å². The number of carbonyl (C=O) groups is 1. The maximum Gasteiger partial charge on any atom is 0.259 e. The van der Waals surface area contributed by atoms with Gasteiger partial charge in [-0.05, 0) is 42.9 Å². The number of halogens is 1. The Hall–Kier alpha value is -2.38. The zero-order valence-electron chi connectivity index (χ0n) is 15.3. The molecule has 3 aromatic heterocycles. The van der Waals surface area contributed by atoms with Crippen molar-refractivity contribution in [3.63, 3.8) is 0 Å². The molecule has 27 heavy (non-hydrogen) atoms. The van der Waals surface area contributed by atoms with Crippen molar-refractivity contribution in [2.24, 2.45) is 11.7 Å². The van der Waals surface area contributed by atoms with E-state index in [1.54, 1.807) is 24.5 Å². The summed E-state index contributed by atoms with van der Waals surface area (Å²) in [6.07, 6.45) is 3.85. The average Bonchev–Trinajstić information content (AvgIpc) is 3.16. The Balaban J connectivity index is 0.00000210. The van der Waals surface area contributed by atoms with Crippen molar-refractivity contribution in [3.8, 4) is 11.5 Å². The van der Waals surface area contributed by atoms with E-state index in [2.05, 4.69) is 15.5 Å². The Bertz CT molecular complexity index is 932. The first-order chi connectivity index (χ1) is 12.5. The molecule has 7 nitrogen and oxygen atoms in total. The van der Waals surface area contributed by atoms with E-state index in [4.69, 9.17) is 14.7 Å². The van der Waals surface area contributed by atoms with Crippen LogP contribution in [0.5, 0.6) is 0 Å². The highest BCUT2D eigenvalue weighted by Gasteiger charge is 2.29. The Kier molecular flexibility index (Phi) is 5.53. The lowest BCUT2D eigenvalue weighted by Gasteiger charge is -2.13. The van der Waals surface area contributed by atoms with Gasteiger partial charge in [0.05, 0.1) is 22.9 Å². The summed E-state index contributed by atoms with van der Waals surface area (Å²) in [5.74, 6) is 0.991. The largest absolute Gasteiger partial charge is 0.463 e.